The number of hydrogen-bond donors (Lipinski definition) is 0. The van der Waals surface area contributed by atoms with Crippen molar-refractivity contribution in [1.29, 1.82) is 0 Å². The molecule has 0 unspecified atom stereocenters. The molecule has 0 fully saturated rings. The molecule has 262 valence electrons. The maximum Gasteiger partial charge on any atom is 0.0713 e. The Morgan fingerprint density at radius 2 is 0.536 bits per heavy atom. The molecule has 1 heterocycles. The SMILES string of the molecule is c1ccc(C2(c3ccc(-c4cncc(-c5ccc(C6(c7ccccc7)c7ccccc7-c7ccccc76)cc5)c4)cc3)c3ccccc3-c3ccccc32)cc1. The maximum absolute atomic E-state index is 4.78. The maximum atomic E-state index is 4.78. The summed E-state index contributed by atoms with van der Waals surface area (Å²) in [6.45, 7) is 0. The van der Waals surface area contributed by atoms with Gasteiger partial charge in [0.1, 0.15) is 0 Å². The van der Waals surface area contributed by atoms with Gasteiger partial charge in [0.25, 0.3) is 0 Å². The minimum Gasteiger partial charge on any atom is -0.263 e. The minimum absolute atomic E-state index is 0.410. The number of nitrogens with zero attached hydrogens (tertiary/aromatic N) is 1. The Balaban J connectivity index is 0.985. The van der Waals surface area contributed by atoms with Crippen molar-refractivity contribution in [3.05, 3.63) is 269 Å². The molecule has 0 aliphatic heterocycles. The molecule has 0 radical (unpaired) electrons. The van der Waals surface area contributed by atoms with E-state index in [-0.39, 0.29) is 0 Å². The minimum atomic E-state index is -0.410. The predicted octanol–water partition coefficient (Wildman–Crippen LogP) is 13.1. The number of fused-ring (bicyclic) bond motifs is 6. The monoisotopic (exact) mass is 711 g/mol. The molecule has 0 atom stereocenters. The van der Waals surface area contributed by atoms with Crippen LogP contribution in [0.2, 0.25) is 0 Å². The lowest BCUT2D eigenvalue weighted by atomic mass is 9.67. The van der Waals surface area contributed by atoms with Gasteiger partial charge in [-0.1, -0.05) is 206 Å². The van der Waals surface area contributed by atoms with Crippen LogP contribution in [-0.4, -0.2) is 4.98 Å². The molecule has 0 N–H and O–H groups in total. The lowest BCUT2D eigenvalue weighted by molar-refractivity contribution is 0.768. The van der Waals surface area contributed by atoms with Gasteiger partial charge in [0.2, 0.25) is 0 Å². The van der Waals surface area contributed by atoms with Crippen LogP contribution in [0.15, 0.2) is 225 Å². The van der Waals surface area contributed by atoms with Crippen molar-refractivity contribution >= 4 is 0 Å². The zero-order chi connectivity index (χ0) is 37.1. The summed E-state index contributed by atoms with van der Waals surface area (Å²) in [7, 11) is 0. The Morgan fingerprint density at radius 1 is 0.250 bits per heavy atom. The van der Waals surface area contributed by atoms with Crippen molar-refractivity contribution in [2.45, 2.75) is 10.8 Å². The van der Waals surface area contributed by atoms with Crippen LogP contribution in [0.4, 0.5) is 0 Å². The average molecular weight is 712 g/mol. The van der Waals surface area contributed by atoms with Crippen molar-refractivity contribution in [1.82, 2.24) is 4.98 Å². The van der Waals surface area contributed by atoms with Crippen molar-refractivity contribution in [2.75, 3.05) is 0 Å². The first-order chi connectivity index (χ1) is 27.8. The molecule has 1 aromatic heterocycles. The summed E-state index contributed by atoms with van der Waals surface area (Å²) in [4.78, 5) is 4.78. The van der Waals surface area contributed by atoms with Gasteiger partial charge in [0, 0.05) is 23.5 Å². The van der Waals surface area contributed by atoms with Gasteiger partial charge in [0.05, 0.1) is 10.8 Å². The van der Waals surface area contributed by atoms with E-state index in [4.69, 9.17) is 4.98 Å². The smallest absolute Gasteiger partial charge is 0.0713 e. The Morgan fingerprint density at radius 3 is 0.875 bits per heavy atom. The number of hydrogen-bond acceptors (Lipinski definition) is 1. The van der Waals surface area contributed by atoms with Crippen molar-refractivity contribution < 1.29 is 0 Å². The number of benzene rings is 8. The molecule has 2 aliphatic rings. The fraction of sp³-hybridized carbons (Fsp3) is 0.0364. The summed E-state index contributed by atoms with van der Waals surface area (Å²) in [6.07, 6.45) is 3.97. The third-order valence-corrected chi connectivity index (χ3v) is 12.4. The van der Waals surface area contributed by atoms with Crippen LogP contribution in [0, 0.1) is 0 Å². The highest BCUT2D eigenvalue weighted by Gasteiger charge is 2.47. The second-order valence-corrected chi connectivity index (χ2v) is 15.0. The number of aromatic nitrogens is 1. The largest absolute Gasteiger partial charge is 0.263 e. The number of rotatable bonds is 6. The van der Waals surface area contributed by atoms with Crippen LogP contribution in [0.25, 0.3) is 44.5 Å². The molecule has 9 aromatic rings. The van der Waals surface area contributed by atoms with Crippen LogP contribution in [0.1, 0.15) is 44.5 Å². The summed E-state index contributed by atoms with van der Waals surface area (Å²) < 4.78 is 0. The summed E-state index contributed by atoms with van der Waals surface area (Å²) in [5.74, 6) is 0. The predicted molar refractivity (Wildman–Crippen MR) is 230 cm³/mol. The van der Waals surface area contributed by atoms with Gasteiger partial charge in [-0.25, -0.2) is 0 Å². The van der Waals surface area contributed by atoms with Crippen molar-refractivity contribution in [2.24, 2.45) is 0 Å². The van der Waals surface area contributed by atoms with Gasteiger partial charge in [-0.15, -0.1) is 0 Å². The van der Waals surface area contributed by atoms with Crippen LogP contribution >= 0.6 is 0 Å². The van der Waals surface area contributed by atoms with E-state index < -0.39 is 10.8 Å². The average Bonchev–Trinajstić information content (AvgIpc) is 3.76. The van der Waals surface area contributed by atoms with Crippen molar-refractivity contribution in [3.8, 4) is 44.5 Å². The molecule has 0 amide bonds. The summed E-state index contributed by atoms with van der Waals surface area (Å²) in [6, 6.07) is 78.2. The van der Waals surface area contributed by atoms with E-state index in [0.717, 1.165) is 22.3 Å². The molecule has 8 aromatic carbocycles. The summed E-state index contributed by atoms with van der Waals surface area (Å²) in [5.41, 5.74) is 19.2. The van der Waals surface area contributed by atoms with Crippen LogP contribution in [0.3, 0.4) is 0 Å². The third-order valence-electron chi connectivity index (χ3n) is 12.4. The molecule has 56 heavy (non-hydrogen) atoms. The summed E-state index contributed by atoms with van der Waals surface area (Å²) in [5, 5.41) is 0. The van der Waals surface area contributed by atoms with E-state index in [0.29, 0.717) is 0 Å². The van der Waals surface area contributed by atoms with Crippen LogP contribution < -0.4 is 0 Å². The Kier molecular flexibility index (Phi) is 7.37. The van der Waals surface area contributed by atoms with Gasteiger partial charge >= 0.3 is 0 Å². The zero-order valence-corrected chi connectivity index (χ0v) is 30.8. The zero-order valence-electron chi connectivity index (χ0n) is 30.8. The lowest BCUT2D eigenvalue weighted by Crippen LogP contribution is -2.28. The van der Waals surface area contributed by atoms with Crippen molar-refractivity contribution in [3.63, 3.8) is 0 Å². The topological polar surface area (TPSA) is 12.9 Å². The van der Waals surface area contributed by atoms with E-state index in [1.54, 1.807) is 0 Å². The Labute approximate surface area is 328 Å². The van der Waals surface area contributed by atoms with Crippen LogP contribution in [0.5, 0.6) is 0 Å². The fourth-order valence-electron chi connectivity index (χ4n) is 10.0. The molecule has 1 heteroatoms. The molecule has 11 rings (SSSR count). The molecule has 0 saturated carbocycles. The van der Waals surface area contributed by atoms with Gasteiger partial charge in [-0.05, 0) is 84.0 Å². The Bertz CT molecular complexity index is 2600. The highest BCUT2D eigenvalue weighted by atomic mass is 14.6. The van der Waals surface area contributed by atoms with Gasteiger partial charge in [-0.2, -0.15) is 0 Å². The quantitative estimate of drug-likeness (QED) is 0.167. The van der Waals surface area contributed by atoms with E-state index in [2.05, 4.69) is 212 Å². The number of pyridine rings is 1. The molecule has 0 spiro atoms. The molecule has 2 aliphatic carbocycles. The third kappa shape index (κ3) is 4.58. The second-order valence-electron chi connectivity index (χ2n) is 15.0. The molecular formula is C55H37N. The van der Waals surface area contributed by atoms with E-state index in [1.807, 2.05) is 12.4 Å². The van der Waals surface area contributed by atoms with E-state index in [9.17, 15) is 0 Å². The molecule has 1 nitrogen and oxygen atoms in total. The highest BCUT2D eigenvalue weighted by Crippen LogP contribution is 2.57. The summed E-state index contributed by atoms with van der Waals surface area (Å²) >= 11 is 0. The fourth-order valence-corrected chi connectivity index (χ4v) is 10.0. The molecule has 0 saturated heterocycles. The van der Waals surface area contributed by atoms with Crippen LogP contribution in [-0.2, 0) is 10.8 Å². The lowest BCUT2D eigenvalue weighted by Gasteiger charge is -2.34. The first kappa shape index (κ1) is 32.3. The first-order valence-electron chi connectivity index (χ1n) is 19.4. The molecule has 0 bridgehead atoms. The Hall–Kier alpha value is -7.09. The first-order valence-corrected chi connectivity index (χ1v) is 19.4. The van der Waals surface area contributed by atoms with Gasteiger partial charge in [0.15, 0.2) is 0 Å². The standard InChI is InChI=1S/C55H37N/c1-3-15-42(16-4-1)54(50-23-11-7-19-46(50)47-20-8-12-24-51(47)54)44-31-27-38(28-32-44)40-35-41(37-56-36-40)39-29-33-45(34-30-39)55(43-17-5-2-6-18-43)52-25-13-9-21-48(52)49-22-10-14-26-53(49)55/h1-37H. The second kappa shape index (κ2) is 12.8. The van der Waals surface area contributed by atoms with Gasteiger partial charge in [-0.3, -0.25) is 4.98 Å². The van der Waals surface area contributed by atoms with Gasteiger partial charge < -0.3 is 0 Å². The molecular weight excluding hydrogens is 675 g/mol. The van der Waals surface area contributed by atoms with E-state index in [1.165, 1.54) is 66.8 Å². The van der Waals surface area contributed by atoms with E-state index >= 15 is 0 Å². The highest BCUT2D eigenvalue weighted by molar-refractivity contribution is 5.88. The normalized spacial score (nSPS) is 14.0.